The van der Waals surface area contributed by atoms with Gasteiger partial charge in [-0.15, -0.1) is 10.2 Å². The SMILES string of the molecule is COCCNCc1nnc(-c2ccc(OC)c(F)c2)s1. The molecule has 1 aromatic carbocycles. The zero-order chi connectivity index (χ0) is 14.4. The third-order valence-electron chi connectivity index (χ3n) is 2.62. The lowest BCUT2D eigenvalue weighted by Crippen LogP contribution is -2.18. The molecule has 1 aromatic heterocycles. The number of methoxy groups -OCH3 is 2. The highest BCUT2D eigenvalue weighted by Gasteiger charge is 2.10. The summed E-state index contributed by atoms with van der Waals surface area (Å²) in [5.41, 5.74) is 0.698. The number of aromatic nitrogens is 2. The fourth-order valence-corrected chi connectivity index (χ4v) is 2.42. The second-order valence-corrected chi connectivity index (χ2v) is 5.08. The molecule has 0 aliphatic heterocycles. The molecule has 0 unspecified atom stereocenters. The van der Waals surface area contributed by atoms with Crippen LogP contribution in [0.15, 0.2) is 18.2 Å². The molecule has 1 N–H and O–H groups in total. The van der Waals surface area contributed by atoms with Gasteiger partial charge in [0.15, 0.2) is 11.6 Å². The van der Waals surface area contributed by atoms with Gasteiger partial charge in [-0.1, -0.05) is 11.3 Å². The van der Waals surface area contributed by atoms with Gasteiger partial charge >= 0.3 is 0 Å². The quantitative estimate of drug-likeness (QED) is 0.793. The minimum absolute atomic E-state index is 0.222. The Morgan fingerprint density at radius 1 is 1.30 bits per heavy atom. The smallest absolute Gasteiger partial charge is 0.165 e. The summed E-state index contributed by atoms with van der Waals surface area (Å²) in [4.78, 5) is 0. The normalized spacial score (nSPS) is 10.8. The molecule has 0 amide bonds. The Labute approximate surface area is 120 Å². The zero-order valence-electron chi connectivity index (χ0n) is 11.4. The van der Waals surface area contributed by atoms with E-state index in [-0.39, 0.29) is 5.75 Å². The van der Waals surface area contributed by atoms with Crippen molar-refractivity contribution in [2.45, 2.75) is 6.54 Å². The third-order valence-corrected chi connectivity index (χ3v) is 3.60. The van der Waals surface area contributed by atoms with Crippen LogP contribution in [0.2, 0.25) is 0 Å². The molecule has 0 bridgehead atoms. The van der Waals surface area contributed by atoms with E-state index in [0.29, 0.717) is 23.7 Å². The number of nitrogens with one attached hydrogen (secondary N) is 1. The number of ether oxygens (including phenoxy) is 2. The van der Waals surface area contributed by atoms with Crippen LogP contribution in [0.3, 0.4) is 0 Å². The maximum Gasteiger partial charge on any atom is 0.165 e. The van der Waals surface area contributed by atoms with E-state index in [9.17, 15) is 4.39 Å². The summed E-state index contributed by atoms with van der Waals surface area (Å²) < 4.78 is 23.5. The first kappa shape index (κ1) is 14.8. The summed E-state index contributed by atoms with van der Waals surface area (Å²) in [6.45, 7) is 2.03. The Kier molecular flexibility index (Phi) is 5.40. The zero-order valence-corrected chi connectivity index (χ0v) is 12.2. The lowest BCUT2D eigenvalue weighted by Gasteiger charge is -2.02. The van der Waals surface area contributed by atoms with Crippen molar-refractivity contribution in [1.29, 1.82) is 0 Å². The van der Waals surface area contributed by atoms with Crippen molar-refractivity contribution in [1.82, 2.24) is 15.5 Å². The maximum atomic E-state index is 13.6. The third kappa shape index (κ3) is 3.72. The van der Waals surface area contributed by atoms with Gasteiger partial charge in [0.1, 0.15) is 10.0 Å². The summed E-state index contributed by atoms with van der Waals surface area (Å²) >= 11 is 1.43. The van der Waals surface area contributed by atoms with E-state index < -0.39 is 5.82 Å². The molecular formula is C13H16FN3O2S. The van der Waals surface area contributed by atoms with Crippen molar-refractivity contribution < 1.29 is 13.9 Å². The fraction of sp³-hybridized carbons (Fsp3) is 0.385. The number of nitrogens with zero attached hydrogens (tertiary/aromatic N) is 2. The van der Waals surface area contributed by atoms with Crippen LogP contribution >= 0.6 is 11.3 Å². The average Bonchev–Trinajstić information content (AvgIpc) is 2.92. The highest BCUT2D eigenvalue weighted by molar-refractivity contribution is 7.14. The molecule has 0 spiro atoms. The van der Waals surface area contributed by atoms with Crippen LogP contribution in [0.25, 0.3) is 10.6 Å². The molecule has 2 aromatic rings. The van der Waals surface area contributed by atoms with E-state index in [1.54, 1.807) is 19.2 Å². The van der Waals surface area contributed by atoms with Crippen LogP contribution in [0.4, 0.5) is 4.39 Å². The number of hydrogen-bond acceptors (Lipinski definition) is 6. The first-order chi connectivity index (χ1) is 9.74. The van der Waals surface area contributed by atoms with Crippen molar-refractivity contribution in [2.24, 2.45) is 0 Å². The Bertz CT molecular complexity index is 562. The molecule has 0 saturated heterocycles. The minimum atomic E-state index is -0.403. The van der Waals surface area contributed by atoms with Gasteiger partial charge in [0.25, 0.3) is 0 Å². The first-order valence-corrected chi connectivity index (χ1v) is 6.92. The molecule has 0 aliphatic carbocycles. The second-order valence-electron chi connectivity index (χ2n) is 4.02. The van der Waals surface area contributed by atoms with Gasteiger partial charge in [-0.3, -0.25) is 0 Å². The lowest BCUT2D eigenvalue weighted by atomic mass is 10.2. The highest BCUT2D eigenvalue weighted by Crippen LogP contribution is 2.27. The van der Waals surface area contributed by atoms with Gasteiger partial charge < -0.3 is 14.8 Å². The number of hydrogen-bond donors (Lipinski definition) is 1. The Morgan fingerprint density at radius 2 is 2.15 bits per heavy atom. The molecular weight excluding hydrogens is 281 g/mol. The van der Waals surface area contributed by atoms with E-state index >= 15 is 0 Å². The standard InChI is InChI=1S/C13H16FN3O2S/c1-18-6-5-15-8-12-16-17-13(20-12)9-3-4-11(19-2)10(14)7-9/h3-4,7,15H,5-6,8H2,1-2H3. The van der Waals surface area contributed by atoms with Crippen molar-refractivity contribution in [2.75, 3.05) is 27.4 Å². The van der Waals surface area contributed by atoms with Gasteiger partial charge in [-0.2, -0.15) is 0 Å². The topological polar surface area (TPSA) is 56.3 Å². The second kappa shape index (κ2) is 7.28. The van der Waals surface area contributed by atoms with E-state index in [2.05, 4.69) is 15.5 Å². The van der Waals surface area contributed by atoms with Gasteiger partial charge in [0.05, 0.1) is 13.7 Å². The van der Waals surface area contributed by atoms with Crippen LogP contribution in [-0.2, 0) is 11.3 Å². The molecule has 108 valence electrons. The Balaban J connectivity index is 2.03. The summed E-state index contributed by atoms with van der Waals surface area (Å²) in [6, 6.07) is 4.76. The summed E-state index contributed by atoms with van der Waals surface area (Å²) in [5, 5.41) is 12.9. The molecule has 0 radical (unpaired) electrons. The Morgan fingerprint density at radius 3 is 2.85 bits per heavy atom. The van der Waals surface area contributed by atoms with E-state index in [1.165, 1.54) is 24.5 Å². The van der Waals surface area contributed by atoms with Gasteiger partial charge in [0, 0.05) is 25.8 Å². The Hall–Kier alpha value is -1.57. The van der Waals surface area contributed by atoms with Crippen molar-refractivity contribution >= 4 is 11.3 Å². The molecule has 5 nitrogen and oxygen atoms in total. The molecule has 1 heterocycles. The van der Waals surface area contributed by atoms with Gasteiger partial charge in [-0.25, -0.2) is 4.39 Å². The lowest BCUT2D eigenvalue weighted by molar-refractivity contribution is 0.199. The predicted molar refractivity (Wildman–Crippen MR) is 75.4 cm³/mol. The van der Waals surface area contributed by atoms with Crippen molar-refractivity contribution in [3.63, 3.8) is 0 Å². The average molecular weight is 297 g/mol. The molecule has 0 aliphatic rings. The van der Waals surface area contributed by atoms with E-state index in [1.807, 2.05) is 0 Å². The monoisotopic (exact) mass is 297 g/mol. The van der Waals surface area contributed by atoms with Crippen LogP contribution in [0, 0.1) is 5.82 Å². The summed E-state index contributed by atoms with van der Waals surface area (Å²) in [6.07, 6.45) is 0. The van der Waals surface area contributed by atoms with E-state index in [0.717, 1.165) is 11.6 Å². The number of rotatable bonds is 7. The molecule has 2 rings (SSSR count). The molecule has 0 atom stereocenters. The van der Waals surface area contributed by atoms with E-state index in [4.69, 9.17) is 9.47 Å². The van der Waals surface area contributed by atoms with Crippen molar-refractivity contribution in [3.05, 3.63) is 29.0 Å². The first-order valence-electron chi connectivity index (χ1n) is 6.10. The summed E-state index contributed by atoms with van der Waals surface area (Å²) in [5.74, 6) is -0.181. The molecule has 0 fully saturated rings. The molecule has 20 heavy (non-hydrogen) atoms. The largest absolute Gasteiger partial charge is 0.494 e. The fourth-order valence-electron chi connectivity index (χ4n) is 1.61. The van der Waals surface area contributed by atoms with Crippen molar-refractivity contribution in [3.8, 4) is 16.3 Å². The summed E-state index contributed by atoms with van der Waals surface area (Å²) in [7, 11) is 3.09. The van der Waals surface area contributed by atoms with Gasteiger partial charge in [0.2, 0.25) is 0 Å². The molecule has 0 saturated carbocycles. The number of halogens is 1. The number of benzene rings is 1. The van der Waals surface area contributed by atoms with Crippen LogP contribution in [-0.4, -0.2) is 37.6 Å². The molecule has 7 heteroatoms. The van der Waals surface area contributed by atoms with Gasteiger partial charge in [-0.05, 0) is 18.2 Å². The minimum Gasteiger partial charge on any atom is -0.494 e. The van der Waals surface area contributed by atoms with Crippen LogP contribution < -0.4 is 10.1 Å². The maximum absolute atomic E-state index is 13.6. The van der Waals surface area contributed by atoms with Crippen LogP contribution in [0.5, 0.6) is 5.75 Å². The predicted octanol–water partition coefficient (Wildman–Crippen LogP) is 2.09. The highest BCUT2D eigenvalue weighted by atomic mass is 32.1. The van der Waals surface area contributed by atoms with Crippen LogP contribution in [0.1, 0.15) is 5.01 Å².